The van der Waals surface area contributed by atoms with Gasteiger partial charge in [-0.15, -0.1) is 24.0 Å². The third-order valence-electron chi connectivity index (χ3n) is 4.43. The van der Waals surface area contributed by atoms with E-state index in [-0.39, 0.29) is 35.7 Å². The first-order chi connectivity index (χ1) is 12.6. The number of nitrogens with zero attached hydrogens (tertiary/aromatic N) is 3. The van der Waals surface area contributed by atoms with Gasteiger partial charge in [-0.25, -0.2) is 4.39 Å². The summed E-state index contributed by atoms with van der Waals surface area (Å²) >= 11 is 0. The number of nitrogens with one attached hydrogen (secondary N) is 1. The Kier molecular flexibility index (Phi) is 7.58. The summed E-state index contributed by atoms with van der Waals surface area (Å²) in [6.07, 6.45) is 0.463. The second-order valence-electron chi connectivity index (χ2n) is 6.31. The molecule has 5 nitrogen and oxygen atoms in total. The number of amides is 1. The topological polar surface area (TPSA) is 47.9 Å². The first-order valence-electron chi connectivity index (χ1n) is 8.63. The van der Waals surface area contributed by atoms with Crippen LogP contribution >= 0.6 is 24.0 Å². The number of carbonyl (C=O) groups excluding carboxylic acids is 1. The quantitative estimate of drug-likeness (QED) is 0.405. The van der Waals surface area contributed by atoms with Crippen LogP contribution in [0.3, 0.4) is 0 Å². The summed E-state index contributed by atoms with van der Waals surface area (Å²) in [5.41, 5.74) is 2.94. The van der Waals surface area contributed by atoms with Crippen molar-refractivity contribution in [1.29, 1.82) is 0 Å². The number of carbonyl (C=O) groups is 1. The Bertz CT molecular complexity index is 827. The Balaban J connectivity index is 0.00000261. The van der Waals surface area contributed by atoms with E-state index in [2.05, 4.69) is 10.3 Å². The van der Waals surface area contributed by atoms with Crippen molar-refractivity contribution >= 4 is 41.5 Å². The average molecular weight is 482 g/mol. The van der Waals surface area contributed by atoms with Crippen molar-refractivity contribution < 1.29 is 9.18 Å². The number of anilines is 1. The lowest BCUT2D eigenvalue weighted by molar-refractivity contribution is -0.117. The Morgan fingerprint density at radius 1 is 1.26 bits per heavy atom. The molecule has 1 amide bonds. The second kappa shape index (κ2) is 9.68. The molecule has 1 heterocycles. The lowest BCUT2D eigenvalue weighted by Gasteiger charge is -2.24. The SMILES string of the molecule is CN=C(NCCN1C(=O)Cc2ccccc21)N(C)Cc1cccc(F)c1.I. The molecule has 0 atom stereocenters. The van der Waals surface area contributed by atoms with Crippen molar-refractivity contribution in [3.05, 3.63) is 65.5 Å². The summed E-state index contributed by atoms with van der Waals surface area (Å²) in [6.45, 7) is 1.70. The van der Waals surface area contributed by atoms with E-state index in [4.69, 9.17) is 0 Å². The molecule has 2 aromatic rings. The molecule has 3 rings (SSSR count). The third-order valence-corrected chi connectivity index (χ3v) is 4.43. The maximum atomic E-state index is 13.3. The fourth-order valence-corrected chi connectivity index (χ4v) is 3.21. The van der Waals surface area contributed by atoms with Crippen molar-refractivity contribution in [2.45, 2.75) is 13.0 Å². The summed E-state index contributed by atoms with van der Waals surface area (Å²) < 4.78 is 13.3. The minimum Gasteiger partial charge on any atom is -0.354 e. The van der Waals surface area contributed by atoms with Crippen LogP contribution in [0.25, 0.3) is 0 Å². The fourth-order valence-electron chi connectivity index (χ4n) is 3.21. The van der Waals surface area contributed by atoms with Gasteiger partial charge >= 0.3 is 0 Å². The van der Waals surface area contributed by atoms with Gasteiger partial charge in [0, 0.05) is 39.4 Å². The Hall–Kier alpha value is -2.16. The lowest BCUT2D eigenvalue weighted by atomic mass is 10.2. The number of guanidine groups is 1. The highest BCUT2D eigenvalue weighted by Crippen LogP contribution is 2.27. The van der Waals surface area contributed by atoms with Gasteiger partial charge in [0.15, 0.2) is 5.96 Å². The highest BCUT2D eigenvalue weighted by Gasteiger charge is 2.26. The molecule has 0 radical (unpaired) electrons. The van der Waals surface area contributed by atoms with Crippen LogP contribution in [0.4, 0.5) is 10.1 Å². The maximum Gasteiger partial charge on any atom is 0.231 e. The number of rotatable bonds is 5. The van der Waals surface area contributed by atoms with Gasteiger partial charge in [0.1, 0.15) is 5.82 Å². The average Bonchev–Trinajstić information content (AvgIpc) is 2.94. The molecule has 1 aliphatic rings. The molecule has 0 aliphatic carbocycles. The van der Waals surface area contributed by atoms with E-state index in [1.54, 1.807) is 13.1 Å². The number of hydrogen-bond acceptors (Lipinski definition) is 2. The van der Waals surface area contributed by atoms with E-state index in [1.807, 2.05) is 47.2 Å². The second-order valence-corrected chi connectivity index (χ2v) is 6.31. The van der Waals surface area contributed by atoms with Crippen molar-refractivity contribution in [3.63, 3.8) is 0 Å². The number of para-hydroxylation sites is 1. The predicted molar refractivity (Wildman–Crippen MR) is 117 cm³/mol. The van der Waals surface area contributed by atoms with Gasteiger partial charge in [-0.3, -0.25) is 9.79 Å². The molecule has 0 aromatic heterocycles. The summed E-state index contributed by atoms with van der Waals surface area (Å²) in [7, 11) is 3.61. The van der Waals surface area contributed by atoms with E-state index < -0.39 is 0 Å². The van der Waals surface area contributed by atoms with Gasteiger partial charge in [-0.05, 0) is 29.3 Å². The first-order valence-corrected chi connectivity index (χ1v) is 8.63. The van der Waals surface area contributed by atoms with Gasteiger partial charge < -0.3 is 15.1 Å². The molecule has 27 heavy (non-hydrogen) atoms. The third kappa shape index (κ3) is 5.18. The number of aliphatic imine (C=N–C) groups is 1. The van der Waals surface area contributed by atoms with Crippen LogP contribution in [-0.2, 0) is 17.8 Å². The largest absolute Gasteiger partial charge is 0.354 e. The minimum atomic E-state index is -0.245. The molecule has 0 fully saturated rings. The normalized spacial score (nSPS) is 13.2. The first kappa shape index (κ1) is 21.1. The number of fused-ring (bicyclic) bond motifs is 1. The number of halogens is 2. The highest BCUT2D eigenvalue weighted by atomic mass is 127. The molecule has 144 valence electrons. The molecule has 2 aromatic carbocycles. The van der Waals surface area contributed by atoms with E-state index in [1.165, 1.54) is 12.1 Å². The highest BCUT2D eigenvalue weighted by molar-refractivity contribution is 14.0. The number of hydrogen-bond donors (Lipinski definition) is 1. The predicted octanol–water partition coefficient (Wildman–Crippen LogP) is 3.04. The Morgan fingerprint density at radius 3 is 2.78 bits per heavy atom. The van der Waals surface area contributed by atoms with Crippen LogP contribution < -0.4 is 10.2 Å². The molecule has 1 aliphatic heterocycles. The van der Waals surface area contributed by atoms with Crippen molar-refractivity contribution in [3.8, 4) is 0 Å². The lowest BCUT2D eigenvalue weighted by Crippen LogP contribution is -2.42. The van der Waals surface area contributed by atoms with E-state index >= 15 is 0 Å². The van der Waals surface area contributed by atoms with Crippen LogP contribution in [0.1, 0.15) is 11.1 Å². The molecule has 0 saturated carbocycles. The Morgan fingerprint density at radius 2 is 2.04 bits per heavy atom. The summed E-state index contributed by atoms with van der Waals surface area (Å²) in [4.78, 5) is 20.2. The number of benzene rings is 2. The van der Waals surface area contributed by atoms with E-state index in [0.717, 1.165) is 16.8 Å². The molecule has 7 heteroatoms. The summed E-state index contributed by atoms with van der Waals surface area (Å²) in [6, 6.07) is 14.4. The van der Waals surface area contributed by atoms with E-state index in [0.29, 0.717) is 32.0 Å². The van der Waals surface area contributed by atoms with Crippen LogP contribution in [0.2, 0.25) is 0 Å². The summed E-state index contributed by atoms with van der Waals surface area (Å²) in [5.74, 6) is 0.579. The molecule has 0 bridgehead atoms. The monoisotopic (exact) mass is 482 g/mol. The van der Waals surface area contributed by atoms with Gasteiger partial charge in [0.2, 0.25) is 5.91 Å². The molecule has 0 spiro atoms. The van der Waals surface area contributed by atoms with Crippen LogP contribution in [-0.4, -0.2) is 44.0 Å². The zero-order valence-electron chi connectivity index (χ0n) is 15.5. The zero-order valence-corrected chi connectivity index (χ0v) is 17.8. The molecule has 1 N–H and O–H groups in total. The molecular weight excluding hydrogens is 458 g/mol. The van der Waals surface area contributed by atoms with E-state index in [9.17, 15) is 9.18 Å². The molecular formula is C20H24FIN4O. The van der Waals surface area contributed by atoms with Gasteiger partial charge in [-0.2, -0.15) is 0 Å². The maximum absolute atomic E-state index is 13.3. The molecule has 0 unspecified atom stereocenters. The minimum absolute atomic E-state index is 0. The van der Waals surface area contributed by atoms with Crippen molar-refractivity contribution in [2.75, 3.05) is 32.1 Å². The fraction of sp³-hybridized carbons (Fsp3) is 0.300. The summed E-state index contributed by atoms with van der Waals surface area (Å²) in [5, 5.41) is 3.27. The smallest absolute Gasteiger partial charge is 0.231 e. The van der Waals surface area contributed by atoms with Crippen LogP contribution in [0, 0.1) is 5.82 Å². The van der Waals surface area contributed by atoms with Crippen LogP contribution in [0.15, 0.2) is 53.5 Å². The standard InChI is InChI=1S/C20H23FN4O.HI/c1-22-20(24(2)14-15-6-5-8-17(21)12-15)23-10-11-25-18-9-4-3-7-16(18)13-19(25)26;/h3-9,12H,10-11,13-14H2,1-2H3,(H,22,23);1H. The van der Waals surface area contributed by atoms with Crippen LogP contribution in [0.5, 0.6) is 0 Å². The zero-order chi connectivity index (χ0) is 18.5. The van der Waals surface area contributed by atoms with Crippen molar-refractivity contribution in [2.24, 2.45) is 4.99 Å². The van der Waals surface area contributed by atoms with Gasteiger partial charge in [0.25, 0.3) is 0 Å². The van der Waals surface area contributed by atoms with Gasteiger partial charge in [0.05, 0.1) is 6.42 Å². The Labute approximate surface area is 176 Å². The molecule has 0 saturated heterocycles. The van der Waals surface area contributed by atoms with Gasteiger partial charge in [-0.1, -0.05) is 30.3 Å². The van der Waals surface area contributed by atoms with Crippen molar-refractivity contribution in [1.82, 2.24) is 10.2 Å².